The Hall–Kier alpha value is -1.57. The first-order chi connectivity index (χ1) is 11.0. The monoisotopic (exact) mass is 327 g/mol. The molecule has 6 nitrogen and oxygen atoms in total. The maximum absolute atomic E-state index is 13.2. The van der Waals surface area contributed by atoms with Crippen LogP contribution in [0.2, 0.25) is 0 Å². The highest BCUT2D eigenvalue weighted by Gasteiger charge is 2.38. The van der Waals surface area contributed by atoms with Crippen LogP contribution in [0.4, 0.5) is 8.78 Å². The van der Waals surface area contributed by atoms with Crippen LogP contribution in [-0.2, 0) is 11.3 Å². The van der Waals surface area contributed by atoms with Crippen LogP contribution in [0.3, 0.4) is 0 Å². The van der Waals surface area contributed by atoms with Gasteiger partial charge in [-0.2, -0.15) is 15.0 Å². The first kappa shape index (κ1) is 16.3. The molecule has 0 N–H and O–H groups in total. The van der Waals surface area contributed by atoms with Crippen LogP contribution in [0, 0.1) is 5.92 Å². The van der Waals surface area contributed by atoms with Crippen molar-refractivity contribution in [2.45, 2.75) is 38.2 Å². The van der Waals surface area contributed by atoms with Gasteiger partial charge >= 0.3 is 0 Å². The number of alkyl halides is 2. The molecule has 1 atom stereocenters. The summed E-state index contributed by atoms with van der Waals surface area (Å²) in [5, 5.41) is 8.15. The van der Waals surface area contributed by atoms with Crippen molar-refractivity contribution in [1.29, 1.82) is 0 Å². The summed E-state index contributed by atoms with van der Waals surface area (Å²) in [6, 6.07) is 0. The lowest BCUT2D eigenvalue weighted by atomic mass is 9.95. The van der Waals surface area contributed by atoms with Gasteiger partial charge in [0.2, 0.25) is 5.91 Å². The zero-order chi connectivity index (χ0) is 16.3. The molecule has 2 fully saturated rings. The summed E-state index contributed by atoms with van der Waals surface area (Å²) in [5.74, 6) is -2.63. The molecule has 0 aromatic carbocycles. The van der Waals surface area contributed by atoms with Gasteiger partial charge in [-0.3, -0.25) is 4.79 Å². The van der Waals surface area contributed by atoms with E-state index in [-0.39, 0.29) is 37.8 Å². The Morgan fingerprint density at radius 2 is 1.83 bits per heavy atom. The fourth-order valence-electron chi connectivity index (χ4n) is 3.36. The molecule has 0 bridgehead atoms. The van der Waals surface area contributed by atoms with E-state index in [1.54, 1.807) is 22.1 Å². The number of halogens is 2. The third-order valence-corrected chi connectivity index (χ3v) is 4.74. The second-order valence-electron chi connectivity index (χ2n) is 6.45. The smallest absolute Gasteiger partial charge is 0.251 e. The summed E-state index contributed by atoms with van der Waals surface area (Å²) in [4.78, 5) is 18.1. The maximum atomic E-state index is 13.2. The first-order valence-electron chi connectivity index (χ1n) is 8.27. The minimum absolute atomic E-state index is 0.0439. The van der Waals surface area contributed by atoms with E-state index in [0.29, 0.717) is 13.1 Å². The fraction of sp³-hybridized carbons (Fsp3) is 0.800. The summed E-state index contributed by atoms with van der Waals surface area (Å²) in [7, 11) is 0. The Morgan fingerprint density at radius 3 is 2.52 bits per heavy atom. The molecule has 0 aliphatic carbocycles. The molecular weight excluding hydrogens is 304 g/mol. The molecule has 1 unspecified atom stereocenters. The van der Waals surface area contributed by atoms with Crippen LogP contribution in [0.1, 0.15) is 25.7 Å². The number of aromatic nitrogens is 3. The summed E-state index contributed by atoms with van der Waals surface area (Å²) < 4.78 is 26.4. The van der Waals surface area contributed by atoms with E-state index in [2.05, 4.69) is 15.1 Å². The van der Waals surface area contributed by atoms with Crippen LogP contribution in [0.15, 0.2) is 12.4 Å². The average molecular weight is 327 g/mol. The highest BCUT2D eigenvalue weighted by atomic mass is 19.3. The summed E-state index contributed by atoms with van der Waals surface area (Å²) in [6.45, 7) is 3.52. The van der Waals surface area contributed by atoms with E-state index in [1.807, 2.05) is 0 Å². The third kappa shape index (κ3) is 4.25. The van der Waals surface area contributed by atoms with E-state index in [9.17, 15) is 13.6 Å². The Balaban J connectivity index is 1.48. The van der Waals surface area contributed by atoms with Crippen molar-refractivity contribution in [3.05, 3.63) is 12.4 Å². The number of nitrogens with zero attached hydrogens (tertiary/aromatic N) is 5. The zero-order valence-electron chi connectivity index (χ0n) is 13.2. The number of carbonyl (C=O) groups excluding carboxylic acids is 1. The molecule has 2 aliphatic rings. The van der Waals surface area contributed by atoms with E-state index < -0.39 is 5.92 Å². The van der Waals surface area contributed by atoms with Gasteiger partial charge in [-0.05, 0) is 19.4 Å². The Labute approximate surface area is 134 Å². The quantitative estimate of drug-likeness (QED) is 0.835. The van der Waals surface area contributed by atoms with Crippen molar-refractivity contribution >= 4 is 5.91 Å². The number of hydrogen-bond acceptors (Lipinski definition) is 4. The van der Waals surface area contributed by atoms with Gasteiger partial charge in [-0.1, -0.05) is 0 Å². The summed E-state index contributed by atoms with van der Waals surface area (Å²) in [6.07, 6.45) is 4.69. The largest absolute Gasteiger partial charge is 0.342 e. The Bertz CT molecular complexity index is 512. The minimum atomic E-state index is -2.61. The molecule has 1 amide bonds. The van der Waals surface area contributed by atoms with Crippen LogP contribution >= 0.6 is 0 Å². The number of hydrogen-bond donors (Lipinski definition) is 0. The summed E-state index contributed by atoms with van der Waals surface area (Å²) >= 11 is 0. The standard InChI is InChI=1S/C15H23F2N5O/c16-15(17)3-8-21(9-4-15)14(23)13-2-1-7-20(12-13)10-11-22-18-5-6-19-22/h5-6,13H,1-4,7-12H2. The van der Waals surface area contributed by atoms with Crippen LogP contribution in [0.25, 0.3) is 0 Å². The van der Waals surface area contributed by atoms with Gasteiger partial charge in [0.05, 0.1) is 24.9 Å². The Kier molecular flexibility index (Phi) is 4.89. The summed E-state index contributed by atoms with van der Waals surface area (Å²) in [5.41, 5.74) is 0. The van der Waals surface area contributed by atoms with Crippen molar-refractivity contribution in [1.82, 2.24) is 24.8 Å². The third-order valence-electron chi connectivity index (χ3n) is 4.74. The van der Waals surface area contributed by atoms with Gasteiger partial charge in [0, 0.05) is 39.0 Å². The second-order valence-corrected chi connectivity index (χ2v) is 6.45. The lowest BCUT2D eigenvalue weighted by Gasteiger charge is -2.37. The number of piperidine rings is 2. The fourth-order valence-corrected chi connectivity index (χ4v) is 3.36. The highest BCUT2D eigenvalue weighted by molar-refractivity contribution is 5.79. The van der Waals surface area contributed by atoms with E-state index >= 15 is 0 Å². The average Bonchev–Trinajstić information content (AvgIpc) is 3.06. The van der Waals surface area contributed by atoms with Gasteiger partial charge in [-0.15, -0.1) is 0 Å². The second kappa shape index (κ2) is 6.90. The molecule has 1 aromatic heterocycles. The molecule has 23 heavy (non-hydrogen) atoms. The van der Waals surface area contributed by atoms with Crippen molar-refractivity contribution in [3.8, 4) is 0 Å². The molecule has 2 aliphatic heterocycles. The molecular formula is C15H23F2N5O. The number of amides is 1. The van der Waals surface area contributed by atoms with Gasteiger partial charge in [0.15, 0.2) is 0 Å². The Morgan fingerprint density at radius 1 is 1.13 bits per heavy atom. The van der Waals surface area contributed by atoms with Crippen molar-refractivity contribution in [2.75, 3.05) is 32.7 Å². The van der Waals surface area contributed by atoms with Gasteiger partial charge in [0.25, 0.3) is 5.92 Å². The van der Waals surface area contributed by atoms with Crippen LogP contribution in [0.5, 0.6) is 0 Å². The van der Waals surface area contributed by atoms with Crippen LogP contribution < -0.4 is 0 Å². The molecule has 0 spiro atoms. The van der Waals surface area contributed by atoms with Gasteiger partial charge in [0.1, 0.15) is 0 Å². The number of carbonyl (C=O) groups is 1. The molecule has 0 radical (unpaired) electrons. The minimum Gasteiger partial charge on any atom is -0.342 e. The van der Waals surface area contributed by atoms with Gasteiger partial charge in [-0.25, -0.2) is 8.78 Å². The molecule has 128 valence electrons. The highest BCUT2D eigenvalue weighted by Crippen LogP contribution is 2.29. The molecule has 2 saturated heterocycles. The van der Waals surface area contributed by atoms with Crippen molar-refractivity contribution in [2.24, 2.45) is 5.92 Å². The van der Waals surface area contributed by atoms with E-state index in [0.717, 1.165) is 25.9 Å². The van der Waals surface area contributed by atoms with Gasteiger partial charge < -0.3 is 9.80 Å². The SMILES string of the molecule is O=C(C1CCCN(CCn2nccn2)C1)N1CCC(F)(F)CC1. The molecule has 8 heteroatoms. The molecule has 1 aromatic rings. The lowest BCUT2D eigenvalue weighted by molar-refractivity contribution is -0.143. The zero-order valence-corrected chi connectivity index (χ0v) is 13.2. The van der Waals surface area contributed by atoms with E-state index in [1.165, 1.54) is 0 Å². The molecule has 3 heterocycles. The number of rotatable bonds is 4. The number of likely N-dealkylation sites (tertiary alicyclic amines) is 2. The maximum Gasteiger partial charge on any atom is 0.251 e. The van der Waals surface area contributed by atoms with Crippen molar-refractivity contribution in [3.63, 3.8) is 0 Å². The van der Waals surface area contributed by atoms with Crippen molar-refractivity contribution < 1.29 is 13.6 Å². The first-order valence-corrected chi connectivity index (χ1v) is 8.27. The predicted octanol–water partition coefficient (Wildman–Crippen LogP) is 1.25. The lowest BCUT2D eigenvalue weighted by Crippen LogP contribution is -2.49. The normalized spacial score (nSPS) is 25.5. The molecule has 0 saturated carbocycles. The molecule has 3 rings (SSSR count). The topological polar surface area (TPSA) is 54.3 Å². The van der Waals surface area contributed by atoms with Crippen LogP contribution in [-0.4, -0.2) is 69.3 Å². The predicted molar refractivity (Wildman–Crippen MR) is 79.9 cm³/mol. The van der Waals surface area contributed by atoms with E-state index in [4.69, 9.17) is 0 Å².